The molecule has 1 aromatic carbocycles. The molecule has 0 radical (unpaired) electrons. The summed E-state index contributed by atoms with van der Waals surface area (Å²) in [7, 11) is 0. The van der Waals surface area contributed by atoms with Crippen LogP contribution in [-0.4, -0.2) is 18.9 Å². The minimum absolute atomic E-state index is 0.0532. The zero-order valence-corrected chi connectivity index (χ0v) is 16.7. The molecule has 0 fully saturated rings. The number of aromatic nitrogens is 4. The van der Waals surface area contributed by atoms with E-state index in [1.54, 1.807) is 22.2 Å². The number of halogens is 1. The second-order valence-corrected chi connectivity index (χ2v) is 7.79. The second-order valence-electron chi connectivity index (χ2n) is 6.41. The normalized spacial score (nSPS) is 11.5. The van der Waals surface area contributed by atoms with E-state index >= 15 is 0 Å². The number of thioether (sulfide) groups is 1. The van der Waals surface area contributed by atoms with Crippen LogP contribution in [0.3, 0.4) is 0 Å². The van der Waals surface area contributed by atoms with Crippen molar-refractivity contribution in [2.24, 2.45) is 0 Å². The van der Waals surface area contributed by atoms with Gasteiger partial charge in [0.2, 0.25) is 0 Å². The van der Waals surface area contributed by atoms with Gasteiger partial charge in [-0.15, -0.1) is 0 Å². The summed E-state index contributed by atoms with van der Waals surface area (Å²) in [6.07, 6.45) is 1.01. The minimum Gasteiger partial charge on any atom is -0.319 e. The van der Waals surface area contributed by atoms with Crippen molar-refractivity contribution >= 4 is 40.0 Å². The molecular weight excluding hydrogens is 380 g/mol. The summed E-state index contributed by atoms with van der Waals surface area (Å²) >= 11 is 7.70. The van der Waals surface area contributed by atoms with Crippen LogP contribution in [-0.2, 0) is 12.3 Å². The van der Waals surface area contributed by atoms with Gasteiger partial charge in [-0.05, 0) is 43.7 Å². The first-order valence-corrected chi connectivity index (χ1v) is 10.2. The first-order valence-electron chi connectivity index (χ1n) is 8.83. The van der Waals surface area contributed by atoms with E-state index in [1.807, 2.05) is 43.3 Å². The van der Waals surface area contributed by atoms with Gasteiger partial charge in [0, 0.05) is 29.1 Å². The lowest BCUT2D eigenvalue weighted by molar-refractivity contribution is 0.638. The minimum atomic E-state index is -0.0532. The van der Waals surface area contributed by atoms with Crippen LogP contribution in [0.25, 0.3) is 16.7 Å². The molecule has 0 atom stereocenters. The highest BCUT2D eigenvalue weighted by atomic mass is 35.5. The average molecular weight is 399 g/mol. The Labute approximate surface area is 166 Å². The average Bonchev–Trinajstić information content (AvgIpc) is 2.97. The van der Waals surface area contributed by atoms with E-state index in [-0.39, 0.29) is 5.56 Å². The third-order valence-corrected chi connectivity index (χ3v) is 5.65. The number of aryl methyl sites for hydroxylation is 2. The Bertz CT molecular complexity index is 1200. The van der Waals surface area contributed by atoms with Crippen molar-refractivity contribution in [3.63, 3.8) is 0 Å². The first-order chi connectivity index (χ1) is 13.1. The highest BCUT2D eigenvalue weighted by Crippen LogP contribution is 2.28. The highest BCUT2D eigenvalue weighted by molar-refractivity contribution is 7.98. The molecule has 0 bridgehead atoms. The van der Waals surface area contributed by atoms with Crippen molar-refractivity contribution in [2.75, 3.05) is 0 Å². The van der Waals surface area contributed by atoms with Gasteiger partial charge in [-0.25, -0.2) is 9.97 Å². The lowest BCUT2D eigenvalue weighted by Gasteiger charge is -2.08. The molecule has 27 heavy (non-hydrogen) atoms. The van der Waals surface area contributed by atoms with Gasteiger partial charge in [0.1, 0.15) is 5.65 Å². The molecule has 0 spiro atoms. The fraction of sp³-hybridized carbons (Fsp3) is 0.250. The van der Waals surface area contributed by atoms with E-state index in [9.17, 15) is 4.79 Å². The number of rotatable bonds is 5. The van der Waals surface area contributed by atoms with Gasteiger partial charge in [-0.3, -0.25) is 9.20 Å². The molecule has 0 aliphatic carbocycles. The predicted molar refractivity (Wildman–Crippen MR) is 111 cm³/mol. The van der Waals surface area contributed by atoms with E-state index < -0.39 is 0 Å². The fourth-order valence-electron chi connectivity index (χ4n) is 3.21. The summed E-state index contributed by atoms with van der Waals surface area (Å²) in [4.78, 5) is 21.8. The van der Waals surface area contributed by atoms with Crippen LogP contribution in [0.2, 0.25) is 5.02 Å². The van der Waals surface area contributed by atoms with Crippen LogP contribution in [0.5, 0.6) is 0 Å². The molecule has 3 heterocycles. The molecule has 0 aliphatic heterocycles. The van der Waals surface area contributed by atoms with Crippen LogP contribution >= 0.6 is 23.4 Å². The van der Waals surface area contributed by atoms with Gasteiger partial charge in [0.15, 0.2) is 5.16 Å². The molecule has 5 nitrogen and oxygen atoms in total. The summed E-state index contributed by atoms with van der Waals surface area (Å²) in [5.41, 5.74) is 4.22. The Hall–Kier alpha value is -2.31. The van der Waals surface area contributed by atoms with Crippen molar-refractivity contribution in [1.29, 1.82) is 0 Å². The Morgan fingerprint density at radius 3 is 2.81 bits per heavy atom. The second kappa shape index (κ2) is 7.37. The lowest BCUT2D eigenvalue weighted by Crippen LogP contribution is -2.17. The number of benzene rings is 1. The predicted octanol–water partition coefficient (Wildman–Crippen LogP) is 4.71. The summed E-state index contributed by atoms with van der Waals surface area (Å²) < 4.78 is 3.83. The topological polar surface area (TPSA) is 52.2 Å². The third-order valence-electron chi connectivity index (χ3n) is 4.40. The van der Waals surface area contributed by atoms with Crippen LogP contribution in [0.15, 0.2) is 52.4 Å². The zero-order chi connectivity index (χ0) is 19.0. The molecule has 4 rings (SSSR count). The van der Waals surface area contributed by atoms with Crippen molar-refractivity contribution < 1.29 is 0 Å². The van der Waals surface area contributed by atoms with Crippen LogP contribution < -0.4 is 5.56 Å². The van der Waals surface area contributed by atoms with Crippen molar-refractivity contribution in [3.8, 4) is 0 Å². The SMILES string of the molecule is CCCn1c(SCc2cc(=O)n3c(C)cccc3n2)nc2cc(Cl)ccc21. The lowest BCUT2D eigenvalue weighted by atomic mass is 10.3. The Balaban J connectivity index is 1.68. The summed E-state index contributed by atoms with van der Waals surface area (Å²) in [6, 6.07) is 13.1. The standard InChI is InChI=1S/C20H19ClN4OS/c1-3-9-24-17-8-7-14(21)10-16(17)23-20(24)27-12-15-11-19(26)25-13(2)5-4-6-18(25)22-15/h4-8,10-11H,3,9,12H2,1-2H3. The molecule has 4 aromatic rings. The molecule has 7 heteroatoms. The molecule has 3 aromatic heterocycles. The summed E-state index contributed by atoms with van der Waals surface area (Å²) in [5, 5.41) is 1.60. The number of nitrogens with zero attached hydrogens (tertiary/aromatic N) is 4. The van der Waals surface area contributed by atoms with Crippen molar-refractivity contribution in [1.82, 2.24) is 18.9 Å². The maximum Gasteiger partial charge on any atom is 0.258 e. The maximum absolute atomic E-state index is 12.5. The molecular formula is C20H19ClN4OS. The van der Waals surface area contributed by atoms with E-state index in [0.717, 1.165) is 40.5 Å². The molecule has 0 amide bonds. The quantitative estimate of drug-likeness (QED) is 0.457. The number of hydrogen-bond donors (Lipinski definition) is 0. The Morgan fingerprint density at radius 2 is 2.00 bits per heavy atom. The maximum atomic E-state index is 12.5. The monoisotopic (exact) mass is 398 g/mol. The van der Waals surface area contributed by atoms with Crippen LogP contribution in [0, 0.1) is 6.92 Å². The van der Waals surface area contributed by atoms with E-state index in [2.05, 4.69) is 16.5 Å². The van der Waals surface area contributed by atoms with Gasteiger partial charge in [-0.2, -0.15) is 0 Å². The smallest absolute Gasteiger partial charge is 0.258 e. The van der Waals surface area contributed by atoms with Gasteiger partial charge >= 0.3 is 0 Å². The fourth-order valence-corrected chi connectivity index (χ4v) is 4.31. The van der Waals surface area contributed by atoms with Gasteiger partial charge in [-0.1, -0.05) is 36.4 Å². The van der Waals surface area contributed by atoms with Gasteiger partial charge in [0.25, 0.3) is 5.56 Å². The van der Waals surface area contributed by atoms with Crippen LogP contribution in [0.1, 0.15) is 24.7 Å². The van der Waals surface area contributed by atoms with Crippen LogP contribution in [0.4, 0.5) is 0 Å². The molecule has 138 valence electrons. The van der Waals surface area contributed by atoms with E-state index in [0.29, 0.717) is 16.4 Å². The van der Waals surface area contributed by atoms with Crippen molar-refractivity contribution in [2.45, 2.75) is 37.7 Å². The third kappa shape index (κ3) is 3.47. The molecule has 0 saturated carbocycles. The van der Waals surface area contributed by atoms with Crippen molar-refractivity contribution in [3.05, 3.63) is 69.2 Å². The Kier molecular flexibility index (Phi) is 4.93. The number of imidazole rings is 1. The largest absolute Gasteiger partial charge is 0.319 e. The molecule has 0 unspecified atom stereocenters. The molecule has 0 N–H and O–H groups in total. The number of fused-ring (bicyclic) bond motifs is 2. The number of hydrogen-bond acceptors (Lipinski definition) is 4. The summed E-state index contributed by atoms with van der Waals surface area (Å²) in [5.74, 6) is 0.584. The van der Waals surface area contributed by atoms with E-state index in [1.165, 1.54) is 0 Å². The highest BCUT2D eigenvalue weighted by Gasteiger charge is 2.12. The summed E-state index contributed by atoms with van der Waals surface area (Å²) in [6.45, 7) is 4.93. The molecule has 0 saturated heterocycles. The number of pyridine rings is 1. The van der Waals surface area contributed by atoms with Gasteiger partial charge in [0.05, 0.1) is 16.7 Å². The first kappa shape index (κ1) is 18.1. The molecule has 0 aliphatic rings. The van der Waals surface area contributed by atoms with E-state index in [4.69, 9.17) is 16.6 Å². The Morgan fingerprint density at radius 1 is 1.15 bits per heavy atom. The van der Waals surface area contributed by atoms with Gasteiger partial charge < -0.3 is 4.57 Å². The zero-order valence-electron chi connectivity index (χ0n) is 15.1.